The third-order valence-electron chi connectivity index (χ3n) is 5.48. The van der Waals surface area contributed by atoms with Gasteiger partial charge in [-0.1, -0.05) is 26.0 Å². The van der Waals surface area contributed by atoms with Gasteiger partial charge < -0.3 is 23.1 Å². The van der Waals surface area contributed by atoms with Crippen LogP contribution >= 0.6 is 0 Å². The van der Waals surface area contributed by atoms with E-state index in [1.54, 1.807) is 30.3 Å². The lowest BCUT2D eigenvalue weighted by molar-refractivity contribution is -0.119. The fourth-order valence-corrected chi connectivity index (χ4v) is 4.86. The number of ether oxygens (including phenoxy) is 4. The molecule has 0 radical (unpaired) electrons. The van der Waals surface area contributed by atoms with Gasteiger partial charge in [-0.3, -0.25) is 9.69 Å². The molecule has 0 bridgehead atoms. The lowest BCUT2D eigenvalue weighted by atomic mass is 9.88. The van der Waals surface area contributed by atoms with E-state index >= 15 is 0 Å². The molecule has 1 fully saturated rings. The number of nitrogens with zero attached hydrogens (tertiary/aromatic N) is 1. The topological polar surface area (TPSA) is 101 Å². The van der Waals surface area contributed by atoms with Crippen molar-refractivity contribution in [3.8, 4) is 28.7 Å². The Labute approximate surface area is 199 Å². The van der Waals surface area contributed by atoms with Gasteiger partial charge in [-0.15, -0.1) is 0 Å². The zero-order valence-electron chi connectivity index (χ0n) is 19.9. The minimum atomic E-state index is -3.81. The van der Waals surface area contributed by atoms with Crippen LogP contribution in [-0.2, 0) is 14.9 Å². The van der Waals surface area contributed by atoms with Crippen LogP contribution in [-0.4, -0.2) is 48.5 Å². The summed E-state index contributed by atoms with van der Waals surface area (Å²) in [7, 11) is 2.09. The predicted molar refractivity (Wildman–Crippen MR) is 128 cm³/mol. The molecule has 184 valence electrons. The third-order valence-corrected chi connectivity index (χ3v) is 6.70. The van der Waals surface area contributed by atoms with Crippen LogP contribution < -0.4 is 28.0 Å². The maximum absolute atomic E-state index is 12.8. The number of hydrogen-bond donors (Lipinski definition) is 0. The molecule has 0 N–H and O–H groups in total. The number of carbonyl (C=O) groups excluding carboxylic acids is 1. The van der Waals surface area contributed by atoms with Gasteiger partial charge >= 0.3 is 10.1 Å². The molecule has 0 aliphatic carbocycles. The number of methoxy groups -OCH3 is 4. The lowest BCUT2D eigenvalue weighted by Crippen LogP contribution is -2.48. The van der Waals surface area contributed by atoms with Crippen LogP contribution in [0.4, 0.5) is 5.69 Å². The highest BCUT2D eigenvalue weighted by molar-refractivity contribution is 7.87. The van der Waals surface area contributed by atoms with E-state index in [1.165, 1.54) is 33.3 Å². The lowest BCUT2D eigenvalue weighted by Gasteiger charge is -2.42. The van der Waals surface area contributed by atoms with Crippen molar-refractivity contribution in [2.24, 2.45) is 0 Å². The molecule has 1 aliphatic heterocycles. The van der Waals surface area contributed by atoms with Crippen molar-refractivity contribution in [1.82, 2.24) is 0 Å². The van der Waals surface area contributed by atoms with Crippen molar-refractivity contribution in [2.75, 3.05) is 39.1 Å². The molecule has 0 spiro atoms. The van der Waals surface area contributed by atoms with Gasteiger partial charge in [-0.2, -0.15) is 8.42 Å². The van der Waals surface area contributed by atoms with E-state index in [-0.39, 0.29) is 23.2 Å². The van der Waals surface area contributed by atoms with Gasteiger partial charge in [0.05, 0.1) is 45.9 Å². The summed E-state index contributed by atoms with van der Waals surface area (Å²) >= 11 is 0. The highest BCUT2D eigenvalue weighted by Gasteiger charge is 2.43. The first-order valence-electron chi connectivity index (χ1n) is 10.6. The summed E-state index contributed by atoms with van der Waals surface area (Å²) in [5, 5.41) is 0. The Morgan fingerprint density at radius 2 is 1.53 bits per heavy atom. The van der Waals surface area contributed by atoms with E-state index in [0.717, 1.165) is 0 Å². The zero-order valence-corrected chi connectivity index (χ0v) is 20.7. The van der Waals surface area contributed by atoms with E-state index in [4.69, 9.17) is 23.1 Å². The summed E-state index contributed by atoms with van der Waals surface area (Å²) in [4.78, 5) is 14.3. The number of carbonyl (C=O) groups is 1. The Bertz CT molecular complexity index is 1170. The molecular formula is C24H29NO8S. The van der Waals surface area contributed by atoms with Crippen molar-refractivity contribution >= 4 is 21.7 Å². The van der Waals surface area contributed by atoms with Crippen LogP contribution in [0.2, 0.25) is 0 Å². The fourth-order valence-electron chi connectivity index (χ4n) is 3.73. The van der Waals surface area contributed by atoms with Gasteiger partial charge in [0.25, 0.3) is 5.91 Å². The first kappa shape index (κ1) is 25.2. The van der Waals surface area contributed by atoms with E-state index in [9.17, 15) is 13.2 Å². The number of rotatable bonds is 11. The molecule has 1 saturated heterocycles. The molecule has 3 rings (SSSR count). The highest BCUT2D eigenvalue weighted by atomic mass is 32.2. The maximum Gasteiger partial charge on any atom is 0.309 e. The van der Waals surface area contributed by atoms with Crippen LogP contribution in [0.25, 0.3) is 0 Å². The van der Waals surface area contributed by atoms with Crippen LogP contribution in [0.5, 0.6) is 28.7 Å². The molecule has 1 amide bonds. The van der Waals surface area contributed by atoms with E-state index in [0.29, 0.717) is 46.9 Å². The van der Waals surface area contributed by atoms with Crippen molar-refractivity contribution in [3.05, 3.63) is 48.0 Å². The zero-order chi connectivity index (χ0) is 25.0. The van der Waals surface area contributed by atoms with Crippen molar-refractivity contribution in [3.63, 3.8) is 0 Å². The van der Waals surface area contributed by atoms with Crippen molar-refractivity contribution in [2.45, 2.75) is 25.8 Å². The first-order chi connectivity index (χ1) is 16.2. The minimum Gasteiger partial charge on any atom is -0.493 e. The molecule has 10 heteroatoms. The van der Waals surface area contributed by atoms with Crippen LogP contribution in [0, 0.1) is 0 Å². The molecule has 1 aliphatic rings. The van der Waals surface area contributed by atoms with E-state index < -0.39 is 16.2 Å². The van der Waals surface area contributed by atoms with Gasteiger partial charge in [-0.05, 0) is 24.1 Å². The molecule has 1 atom stereocenters. The van der Waals surface area contributed by atoms with Gasteiger partial charge in [0, 0.05) is 17.7 Å². The summed E-state index contributed by atoms with van der Waals surface area (Å²) in [5.74, 6) is 1.10. The quantitative estimate of drug-likeness (QED) is 0.265. The Morgan fingerprint density at radius 1 is 0.912 bits per heavy atom. The highest BCUT2D eigenvalue weighted by Crippen LogP contribution is 2.48. The van der Waals surface area contributed by atoms with Crippen LogP contribution in [0.1, 0.15) is 31.4 Å². The molecule has 2 aromatic rings. The third kappa shape index (κ3) is 4.77. The summed E-state index contributed by atoms with van der Waals surface area (Å²) in [5.41, 5.74) is 1.46. The number of benzene rings is 2. The molecule has 1 heterocycles. The number of unbranched alkanes of at least 4 members (excludes halogenated alkanes) is 1. The second-order valence-corrected chi connectivity index (χ2v) is 9.29. The van der Waals surface area contributed by atoms with Gasteiger partial charge in [0.1, 0.15) is 0 Å². The van der Waals surface area contributed by atoms with Crippen molar-refractivity contribution < 1.29 is 36.3 Å². The van der Waals surface area contributed by atoms with E-state index in [2.05, 4.69) is 6.58 Å². The Morgan fingerprint density at radius 3 is 2.06 bits per heavy atom. The molecule has 9 nitrogen and oxygen atoms in total. The maximum atomic E-state index is 12.8. The summed E-state index contributed by atoms with van der Waals surface area (Å²) in [6.07, 6.45) is 1.20. The molecular weight excluding hydrogens is 462 g/mol. The number of hydrogen-bond acceptors (Lipinski definition) is 8. The summed E-state index contributed by atoms with van der Waals surface area (Å²) in [6, 6.07) is 7.65. The standard InChI is InChI=1S/C24H29NO8S/c1-7-8-11-34(27,28)33-19-12-16(9-10-18(19)29-3)22-15(2)24(26)25(22)17-13-20(30-4)23(32-6)21(14-17)31-5/h9-10,12-14,22H,2,7-8,11H2,1,3-6H3/t22-/m1/s1. The second-order valence-electron chi connectivity index (χ2n) is 7.60. The minimum absolute atomic E-state index is 0.0492. The number of amides is 1. The smallest absolute Gasteiger partial charge is 0.309 e. The van der Waals surface area contributed by atoms with Crippen molar-refractivity contribution in [1.29, 1.82) is 0 Å². The average Bonchev–Trinajstić information content (AvgIpc) is 2.84. The number of anilines is 1. The molecule has 34 heavy (non-hydrogen) atoms. The Kier molecular flexibility index (Phi) is 7.61. The molecule has 0 unspecified atom stereocenters. The normalized spacial score (nSPS) is 15.6. The fraction of sp³-hybridized carbons (Fsp3) is 0.375. The van der Waals surface area contributed by atoms with Gasteiger partial charge in [-0.25, -0.2) is 0 Å². The first-order valence-corrected chi connectivity index (χ1v) is 12.2. The van der Waals surface area contributed by atoms with E-state index in [1.807, 2.05) is 6.92 Å². The van der Waals surface area contributed by atoms with Gasteiger partial charge in [0.2, 0.25) is 5.75 Å². The monoisotopic (exact) mass is 491 g/mol. The van der Waals surface area contributed by atoms with Crippen LogP contribution in [0.3, 0.4) is 0 Å². The molecule has 0 aromatic heterocycles. The Hall–Kier alpha value is -3.40. The average molecular weight is 492 g/mol. The predicted octanol–water partition coefficient (Wildman–Crippen LogP) is 3.87. The molecule has 0 saturated carbocycles. The van der Waals surface area contributed by atoms with Gasteiger partial charge in [0.15, 0.2) is 23.0 Å². The second kappa shape index (κ2) is 10.3. The largest absolute Gasteiger partial charge is 0.493 e. The molecule has 2 aromatic carbocycles. The Balaban J connectivity index is 2.03. The number of β-lactam (4-membered cyclic amide) rings is 1. The summed E-state index contributed by atoms with van der Waals surface area (Å²) in [6.45, 7) is 5.81. The SMILES string of the molecule is C=C1C(=O)N(c2cc(OC)c(OC)c(OC)c2)[C@H]1c1ccc(OC)c(OS(=O)(=O)CCCC)c1. The van der Waals surface area contributed by atoms with Crippen LogP contribution in [0.15, 0.2) is 42.5 Å². The summed E-state index contributed by atoms with van der Waals surface area (Å²) < 4.78 is 51.6.